The molecular weight excluding hydrogens is 438 g/mol. The summed E-state index contributed by atoms with van der Waals surface area (Å²) in [5.41, 5.74) is 0.752. The summed E-state index contributed by atoms with van der Waals surface area (Å²) >= 11 is 5.97. The molecule has 1 unspecified atom stereocenters. The molecule has 3 aromatic rings. The fourth-order valence-electron chi connectivity index (χ4n) is 3.20. The fraction of sp³-hybridized carbons (Fsp3) is 0.136. The van der Waals surface area contributed by atoms with Crippen LogP contribution in [0.25, 0.3) is 6.08 Å². The van der Waals surface area contributed by atoms with Gasteiger partial charge in [0, 0.05) is 29.2 Å². The van der Waals surface area contributed by atoms with Crippen molar-refractivity contribution in [3.63, 3.8) is 0 Å². The number of hydrogen-bond acceptors (Lipinski definition) is 6. The van der Waals surface area contributed by atoms with Crippen molar-refractivity contribution in [2.24, 2.45) is 4.99 Å². The van der Waals surface area contributed by atoms with Crippen LogP contribution in [-0.4, -0.2) is 32.5 Å². The van der Waals surface area contributed by atoms with Gasteiger partial charge in [0.05, 0.1) is 17.4 Å². The second-order valence-corrected chi connectivity index (χ2v) is 9.19. The number of methoxy groups -OCH3 is 1. The molecule has 1 N–H and O–H groups in total. The lowest BCUT2D eigenvalue weighted by Crippen LogP contribution is -2.31. The number of pyridine rings is 1. The van der Waals surface area contributed by atoms with Crippen molar-refractivity contribution in [1.82, 2.24) is 10.3 Å². The van der Waals surface area contributed by atoms with Crippen LogP contribution in [0.1, 0.15) is 5.56 Å². The molecule has 7 nitrogen and oxygen atoms in total. The first-order valence-corrected chi connectivity index (χ1v) is 11.2. The summed E-state index contributed by atoms with van der Waals surface area (Å²) in [5.74, 6) is -0.0231. The molecule has 2 aromatic carbocycles. The van der Waals surface area contributed by atoms with E-state index in [0.717, 1.165) is 16.1 Å². The van der Waals surface area contributed by atoms with E-state index in [0.29, 0.717) is 5.02 Å². The first-order valence-electron chi connectivity index (χ1n) is 9.33. The summed E-state index contributed by atoms with van der Waals surface area (Å²) in [5, 5.41) is 4.68. The fourth-order valence-corrected chi connectivity index (χ4v) is 4.89. The summed E-state index contributed by atoms with van der Waals surface area (Å²) in [4.78, 5) is 20.9. The lowest BCUT2D eigenvalue weighted by Gasteiger charge is -2.11. The Labute approximate surface area is 184 Å². The molecule has 9 heteroatoms. The summed E-state index contributed by atoms with van der Waals surface area (Å²) in [7, 11) is -2.42. The zero-order chi connectivity index (χ0) is 22.0. The van der Waals surface area contributed by atoms with E-state index in [1.807, 2.05) is 0 Å². The smallest absolute Gasteiger partial charge is 0.249 e. The number of aromatic nitrogens is 1. The Kier molecular flexibility index (Phi) is 5.75. The Hall–Kier alpha value is -3.23. The lowest BCUT2D eigenvalue weighted by molar-refractivity contribution is -0.121. The molecule has 158 valence electrons. The number of amides is 1. The number of hydrogen-bond donors (Lipinski definition) is 1. The Morgan fingerprint density at radius 1 is 1.16 bits per heavy atom. The SMILES string of the molecule is COc1ccc(Cl)cc1S(=O)(=O)c1ccc(CNC(=O)C2C=c3cnccc3=N2)cc1. The minimum absolute atomic E-state index is 0.00371. The number of carbonyl (C=O) groups excluding carboxylic acids is 1. The predicted octanol–water partition coefficient (Wildman–Crippen LogP) is 1.68. The van der Waals surface area contributed by atoms with E-state index in [1.165, 1.54) is 31.4 Å². The molecule has 4 rings (SSSR count). The average molecular weight is 456 g/mol. The number of ether oxygens (including phenoxy) is 1. The molecule has 0 aliphatic carbocycles. The number of benzene rings is 2. The quantitative estimate of drug-likeness (QED) is 0.609. The Morgan fingerprint density at radius 2 is 1.94 bits per heavy atom. The number of rotatable bonds is 6. The molecule has 1 aromatic heterocycles. The van der Waals surface area contributed by atoms with Gasteiger partial charge in [-0.2, -0.15) is 0 Å². The van der Waals surface area contributed by atoms with Gasteiger partial charge in [0.1, 0.15) is 16.7 Å². The van der Waals surface area contributed by atoms with Crippen LogP contribution in [-0.2, 0) is 21.2 Å². The van der Waals surface area contributed by atoms with Gasteiger partial charge < -0.3 is 10.1 Å². The Bertz CT molecular complexity index is 1340. The highest BCUT2D eigenvalue weighted by molar-refractivity contribution is 7.91. The molecule has 1 amide bonds. The van der Waals surface area contributed by atoms with E-state index in [9.17, 15) is 13.2 Å². The zero-order valence-corrected chi connectivity index (χ0v) is 18.0. The van der Waals surface area contributed by atoms with Crippen molar-refractivity contribution in [3.8, 4) is 5.75 Å². The van der Waals surface area contributed by atoms with Gasteiger partial charge in [-0.25, -0.2) is 8.42 Å². The van der Waals surface area contributed by atoms with Crippen molar-refractivity contribution in [2.75, 3.05) is 7.11 Å². The maximum Gasteiger partial charge on any atom is 0.249 e. The third kappa shape index (κ3) is 4.30. The van der Waals surface area contributed by atoms with E-state index in [-0.39, 0.29) is 28.0 Å². The van der Waals surface area contributed by atoms with Crippen LogP contribution in [0.4, 0.5) is 0 Å². The standard InChI is InChI=1S/C22H18ClN3O4S/c1-30-20-7-4-16(23)11-21(20)31(28,29)17-5-2-14(3-6-17)12-25-22(27)19-10-15-13-24-9-8-18(15)26-19/h2-11,13,19H,12H2,1H3,(H,25,27). The first kappa shape index (κ1) is 21.0. The average Bonchev–Trinajstić information content (AvgIpc) is 3.22. The van der Waals surface area contributed by atoms with E-state index in [4.69, 9.17) is 16.3 Å². The summed E-state index contributed by atoms with van der Waals surface area (Å²) < 4.78 is 31.2. The second-order valence-electron chi connectivity index (χ2n) is 6.84. The maximum absolute atomic E-state index is 13.0. The zero-order valence-electron chi connectivity index (χ0n) is 16.4. The number of halogens is 1. The van der Waals surface area contributed by atoms with Crippen LogP contribution in [0.15, 0.2) is 75.7 Å². The topological polar surface area (TPSA) is 97.7 Å². The van der Waals surface area contributed by atoms with Crippen LogP contribution >= 0.6 is 11.6 Å². The van der Waals surface area contributed by atoms with Gasteiger partial charge in [0.2, 0.25) is 15.7 Å². The van der Waals surface area contributed by atoms with Gasteiger partial charge in [0.15, 0.2) is 0 Å². The number of carbonyl (C=O) groups is 1. The molecule has 2 heterocycles. The van der Waals surface area contributed by atoms with Gasteiger partial charge >= 0.3 is 0 Å². The van der Waals surface area contributed by atoms with Crippen LogP contribution < -0.4 is 20.6 Å². The third-order valence-corrected chi connectivity index (χ3v) is 6.85. The van der Waals surface area contributed by atoms with Gasteiger partial charge in [0.25, 0.3) is 0 Å². The van der Waals surface area contributed by atoms with E-state index in [2.05, 4.69) is 15.3 Å². The molecule has 0 spiro atoms. The normalized spacial score (nSPS) is 14.8. The second kappa shape index (κ2) is 8.49. The van der Waals surface area contributed by atoms with E-state index >= 15 is 0 Å². The first-order chi connectivity index (χ1) is 14.9. The van der Waals surface area contributed by atoms with Crippen LogP contribution in [0.5, 0.6) is 5.75 Å². The van der Waals surface area contributed by atoms with Gasteiger partial charge in [-0.3, -0.25) is 14.8 Å². The molecule has 0 fully saturated rings. The predicted molar refractivity (Wildman–Crippen MR) is 115 cm³/mol. The van der Waals surface area contributed by atoms with Crippen molar-refractivity contribution in [2.45, 2.75) is 22.4 Å². The molecule has 0 saturated heterocycles. The van der Waals surface area contributed by atoms with Crippen molar-refractivity contribution < 1.29 is 17.9 Å². The van der Waals surface area contributed by atoms with Crippen LogP contribution in [0, 0.1) is 0 Å². The third-order valence-electron chi connectivity index (χ3n) is 4.83. The van der Waals surface area contributed by atoms with E-state index < -0.39 is 15.9 Å². The minimum atomic E-state index is -3.82. The highest BCUT2D eigenvalue weighted by Crippen LogP contribution is 2.31. The molecular formula is C22H18ClN3O4S. The summed E-state index contributed by atoms with van der Waals surface area (Å²) in [6.07, 6.45) is 5.05. The van der Waals surface area contributed by atoms with Crippen molar-refractivity contribution in [3.05, 3.63) is 82.1 Å². The largest absolute Gasteiger partial charge is 0.495 e. The summed E-state index contributed by atoms with van der Waals surface area (Å²) in [6.45, 7) is 0.244. The Balaban J connectivity index is 1.47. The van der Waals surface area contributed by atoms with Crippen LogP contribution in [0.2, 0.25) is 5.02 Å². The van der Waals surface area contributed by atoms with Crippen LogP contribution in [0.3, 0.4) is 0 Å². The number of fused-ring (bicyclic) bond motifs is 1. The van der Waals surface area contributed by atoms with Crippen molar-refractivity contribution >= 4 is 33.4 Å². The van der Waals surface area contributed by atoms with Gasteiger partial charge in [-0.05, 0) is 48.0 Å². The minimum Gasteiger partial charge on any atom is -0.495 e. The lowest BCUT2D eigenvalue weighted by atomic mass is 10.2. The van der Waals surface area contributed by atoms with Gasteiger partial charge in [-0.1, -0.05) is 23.7 Å². The highest BCUT2D eigenvalue weighted by atomic mass is 35.5. The number of sulfone groups is 1. The molecule has 0 bridgehead atoms. The molecule has 1 atom stereocenters. The monoisotopic (exact) mass is 455 g/mol. The molecule has 1 aliphatic heterocycles. The Morgan fingerprint density at radius 3 is 2.65 bits per heavy atom. The van der Waals surface area contributed by atoms with Gasteiger partial charge in [-0.15, -0.1) is 0 Å². The number of nitrogens with zero attached hydrogens (tertiary/aromatic N) is 2. The summed E-state index contributed by atoms with van der Waals surface area (Å²) in [6, 6.07) is 11.9. The maximum atomic E-state index is 13.0. The van der Waals surface area contributed by atoms with Crippen molar-refractivity contribution in [1.29, 1.82) is 0 Å². The molecule has 0 saturated carbocycles. The molecule has 0 radical (unpaired) electrons. The van der Waals surface area contributed by atoms with E-state index in [1.54, 1.807) is 42.7 Å². The molecule has 1 aliphatic rings. The highest BCUT2D eigenvalue weighted by Gasteiger charge is 2.23. The molecule has 31 heavy (non-hydrogen) atoms. The number of nitrogens with one attached hydrogen (secondary N) is 1.